The van der Waals surface area contributed by atoms with Crippen LogP contribution in [0, 0.1) is 0 Å². The van der Waals surface area contributed by atoms with Crippen LogP contribution in [0.15, 0.2) is 36.9 Å². The maximum atomic E-state index is 11.2. The third kappa shape index (κ3) is 3.60. The summed E-state index contributed by atoms with van der Waals surface area (Å²) < 4.78 is 5.42. The maximum Gasteiger partial charge on any atom is 0.325 e. The second-order valence-corrected chi connectivity index (χ2v) is 3.44. The Morgan fingerprint density at radius 3 is 2.88 bits per heavy atom. The molecule has 92 valence electrons. The van der Waals surface area contributed by atoms with Crippen molar-refractivity contribution >= 4 is 5.97 Å². The van der Waals surface area contributed by atoms with Crippen LogP contribution in [0.4, 0.5) is 0 Å². The Morgan fingerprint density at radius 2 is 2.29 bits per heavy atom. The molecule has 17 heavy (non-hydrogen) atoms. The van der Waals surface area contributed by atoms with E-state index >= 15 is 0 Å². The lowest BCUT2D eigenvalue weighted by Gasteiger charge is -2.17. The van der Waals surface area contributed by atoms with Crippen LogP contribution >= 0.6 is 0 Å². The number of ether oxygens (including phenoxy) is 1. The van der Waals surface area contributed by atoms with Crippen LogP contribution in [0.3, 0.4) is 0 Å². The highest BCUT2D eigenvalue weighted by Gasteiger charge is 2.21. The Bertz CT molecular complexity index is 390. The molecule has 1 rings (SSSR count). The summed E-state index contributed by atoms with van der Waals surface area (Å²) in [5.74, 6) is -0.335. The Balaban J connectivity index is 2.99. The maximum absolute atomic E-state index is 11.2. The first-order valence-electron chi connectivity index (χ1n) is 5.49. The molecule has 0 saturated carbocycles. The van der Waals surface area contributed by atoms with E-state index in [1.165, 1.54) is 0 Å². The molecular formula is C13H17NO3. The van der Waals surface area contributed by atoms with Crippen LogP contribution in [0.1, 0.15) is 18.5 Å². The zero-order chi connectivity index (χ0) is 12.7. The largest absolute Gasteiger partial charge is 0.494 e. The van der Waals surface area contributed by atoms with E-state index in [1.54, 1.807) is 24.3 Å². The van der Waals surface area contributed by atoms with Crippen molar-refractivity contribution in [3.8, 4) is 5.75 Å². The minimum absolute atomic E-state index is 0.428. The zero-order valence-corrected chi connectivity index (χ0v) is 9.85. The van der Waals surface area contributed by atoms with E-state index in [2.05, 4.69) is 11.9 Å². The molecule has 0 amide bonds. The van der Waals surface area contributed by atoms with Crippen molar-refractivity contribution in [2.75, 3.05) is 13.2 Å². The van der Waals surface area contributed by atoms with E-state index in [0.29, 0.717) is 24.5 Å². The van der Waals surface area contributed by atoms with Crippen LogP contribution in [-0.4, -0.2) is 24.2 Å². The first-order valence-corrected chi connectivity index (χ1v) is 5.49. The number of para-hydroxylation sites is 1. The molecule has 4 heteroatoms. The molecule has 1 atom stereocenters. The number of nitrogens with one attached hydrogen (secondary N) is 1. The molecule has 0 bridgehead atoms. The lowest BCUT2D eigenvalue weighted by atomic mass is 10.1. The Morgan fingerprint density at radius 1 is 1.59 bits per heavy atom. The van der Waals surface area contributed by atoms with Gasteiger partial charge in [-0.05, 0) is 13.0 Å². The van der Waals surface area contributed by atoms with Gasteiger partial charge in [0.05, 0.1) is 6.61 Å². The summed E-state index contributed by atoms with van der Waals surface area (Å²) in [6.07, 6.45) is 1.62. The summed E-state index contributed by atoms with van der Waals surface area (Å²) in [4.78, 5) is 11.2. The fraction of sp³-hybridized carbons (Fsp3) is 0.308. The second kappa shape index (κ2) is 6.70. The van der Waals surface area contributed by atoms with Crippen molar-refractivity contribution in [2.24, 2.45) is 0 Å². The highest BCUT2D eigenvalue weighted by molar-refractivity contribution is 5.76. The third-order valence-corrected chi connectivity index (χ3v) is 2.24. The van der Waals surface area contributed by atoms with Crippen LogP contribution in [0.2, 0.25) is 0 Å². The molecule has 0 spiro atoms. The average Bonchev–Trinajstić information content (AvgIpc) is 2.31. The van der Waals surface area contributed by atoms with Crippen LogP contribution < -0.4 is 10.1 Å². The van der Waals surface area contributed by atoms with Crippen molar-refractivity contribution in [1.29, 1.82) is 0 Å². The van der Waals surface area contributed by atoms with Crippen molar-refractivity contribution < 1.29 is 14.6 Å². The molecule has 0 aromatic heterocycles. The molecule has 4 nitrogen and oxygen atoms in total. The number of benzene rings is 1. The number of hydrogen-bond donors (Lipinski definition) is 2. The van der Waals surface area contributed by atoms with E-state index < -0.39 is 12.0 Å². The van der Waals surface area contributed by atoms with Gasteiger partial charge in [0, 0.05) is 12.1 Å². The first kappa shape index (κ1) is 13.3. The van der Waals surface area contributed by atoms with Crippen molar-refractivity contribution in [2.45, 2.75) is 13.0 Å². The second-order valence-electron chi connectivity index (χ2n) is 3.44. The molecule has 0 heterocycles. The van der Waals surface area contributed by atoms with Crippen molar-refractivity contribution in [1.82, 2.24) is 5.32 Å². The molecule has 0 saturated heterocycles. The summed E-state index contributed by atoms with van der Waals surface area (Å²) in [5.41, 5.74) is 0.628. The zero-order valence-electron chi connectivity index (χ0n) is 9.85. The highest BCUT2D eigenvalue weighted by Crippen LogP contribution is 2.25. The molecule has 0 aliphatic carbocycles. The predicted molar refractivity (Wildman–Crippen MR) is 66.2 cm³/mol. The third-order valence-electron chi connectivity index (χ3n) is 2.24. The SMILES string of the molecule is C=CCNC(C(=O)O)c1ccccc1OCC. The molecule has 0 fully saturated rings. The molecular weight excluding hydrogens is 218 g/mol. The number of rotatable bonds is 7. The van der Waals surface area contributed by atoms with E-state index in [-0.39, 0.29) is 0 Å². The lowest BCUT2D eigenvalue weighted by molar-refractivity contribution is -0.139. The molecule has 0 radical (unpaired) electrons. The summed E-state index contributed by atoms with van der Waals surface area (Å²) in [7, 11) is 0. The Hall–Kier alpha value is -1.81. The normalized spacial score (nSPS) is 11.8. The number of hydrogen-bond acceptors (Lipinski definition) is 3. The number of carboxylic acids is 1. The van der Waals surface area contributed by atoms with E-state index in [1.807, 2.05) is 13.0 Å². The van der Waals surface area contributed by atoms with Crippen molar-refractivity contribution in [3.05, 3.63) is 42.5 Å². The van der Waals surface area contributed by atoms with Gasteiger partial charge in [-0.2, -0.15) is 0 Å². The van der Waals surface area contributed by atoms with Gasteiger partial charge < -0.3 is 9.84 Å². The molecule has 1 aromatic carbocycles. The van der Waals surface area contributed by atoms with Crippen LogP contribution in [-0.2, 0) is 4.79 Å². The van der Waals surface area contributed by atoms with Gasteiger partial charge in [-0.25, -0.2) is 0 Å². The summed E-state index contributed by atoms with van der Waals surface area (Å²) in [6.45, 7) is 6.36. The van der Waals surface area contributed by atoms with Gasteiger partial charge in [-0.15, -0.1) is 6.58 Å². The summed E-state index contributed by atoms with van der Waals surface area (Å²) in [6, 6.07) is 6.35. The van der Waals surface area contributed by atoms with Crippen LogP contribution in [0.5, 0.6) is 5.75 Å². The Kier molecular flexibility index (Phi) is 5.23. The number of aliphatic carboxylic acids is 1. The number of carboxylic acid groups (broad SMARTS) is 1. The summed E-state index contributed by atoms with van der Waals surface area (Å²) >= 11 is 0. The van der Waals surface area contributed by atoms with Crippen LogP contribution in [0.25, 0.3) is 0 Å². The van der Waals surface area contributed by atoms with Gasteiger partial charge in [-0.3, -0.25) is 10.1 Å². The molecule has 1 unspecified atom stereocenters. The standard InChI is InChI=1S/C13H17NO3/c1-3-9-14-12(13(15)16)10-7-5-6-8-11(10)17-4-2/h3,5-8,12,14H,1,4,9H2,2H3,(H,15,16). The van der Waals surface area contributed by atoms with Gasteiger partial charge in [0.1, 0.15) is 11.8 Å². The predicted octanol–water partition coefficient (Wildman–Crippen LogP) is 1.99. The topological polar surface area (TPSA) is 58.6 Å². The van der Waals surface area contributed by atoms with Gasteiger partial charge in [0.15, 0.2) is 0 Å². The first-order chi connectivity index (χ1) is 8.20. The van der Waals surface area contributed by atoms with Gasteiger partial charge in [0.25, 0.3) is 0 Å². The quantitative estimate of drug-likeness (QED) is 0.709. The fourth-order valence-corrected chi connectivity index (χ4v) is 1.54. The van der Waals surface area contributed by atoms with E-state index in [9.17, 15) is 9.90 Å². The minimum atomic E-state index is -0.931. The average molecular weight is 235 g/mol. The number of carbonyl (C=O) groups is 1. The molecule has 0 aliphatic rings. The molecule has 2 N–H and O–H groups in total. The lowest BCUT2D eigenvalue weighted by Crippen LogP contribution is -2.29. The summed E-state index contributed by atoms with van der Waals surface area (Å²) in [5, 5.41) is 12.1. The highest BCUT2D eigenvalue weighted by atomic mass is 16.5. The molecule has 0 aliphatic heterocycles. The fourth-order valence-electron chi connectivity index (χ4n) is 1.54. The minimum Gasteiger partial charge on any atom is -0.494 e. The van der Waals surface area contributed by atoms with Crippen molar-refractivity contribution in [3.63, 3.8) is 0 Å². The monoisotopic (exact) mass is 235 g/mol. The smallest absolute Gasteiger partial charge is 0.325 e. The molecule has 1 aromatic rings. The van der Waals surface area contributed by atoms with E-state index in [0.717, 1.165) is 0 Å². The Labute approximate surface area is 101 Å². The van der Waals surface area contributed by atoms with Gasteiger partial charge in [0.2, 0.25) is 0 Å². The van der Waals surface area contributed by atoms with Gasteiger partial charge in [-0.1, -0.05) is 24.3 Å². The van der Waals surface area contributed by atoms with E-state index in [4.69, 9.17) is 4.74 Å². The van der Waals surface area contributed by atoms with Gasteiger partial charge >= 0.3 is 5.97 Å².